The number of likely N-dealkylation sites (tertiary alicyclic amines) is 2. The number of nitrogens with one attached hydrogen (secondary N) is 1. The van der Waals surface area contributed by atoms with E-state index in [4.69, 9.17) is 9.15 Å². The lowest BCUT2D eigenvalue weighted by molar-refractivity contribution is 0.145. The Balaban J connectivity index is 0.00000243. The SMILES string of the molecule is CN=C(NCC(c1ccco1)N1CCCCC1)N1CCC(COC)C1.I. The fourth-order valence-corrected chi connectivity index (χ4v) is 4.04. The predicted octanol–water partition coefficient (Wildman–Crippen LogP) is 2.97. The molecule has 148 valence electrons. The van der Waals surface area contributed by atoms with E-state index in [9.17, 15) is 0 Å². The van der Waals surface area contributed by atoms with Gasteiger partial charge >= 0.3 is 0 Å². The van der Waals surface area contributed by atoms with Crippen molar-refractivity contribution in [3.05, 3.63) is 24.2 Å². The molecule has 0 radical (unpaired) electrons. The summed E-state index contributed by atoms with van der Waals surface area (Å²) in [6.45, 7) is 6.00. The highest BCUT2D eigenvalue weighted by molar-refractivity contribution is 14.0. The van der Waals surface area contributed by atoms with Crippen LogP contribution in [0, 0.1) is 5.92 Å². The Labute approximate surface area is 174 Å². The number of hydrogen-bond donors (Lipinski definition) is 1. The van der Waals surface area contributed by atoms with Crippen LogP contribution in [0.25, 0.3) is 0 Å². The van der Waals surface area contributed by atoms with E-state index in [0.717, 1.165) is 51.1 Å². The minimum Gasteiger partial charge on any atom is -0.468 e. The zero-order chi connectivity index (χ0) is 17.5. The number of methoxy groups -OCH3 is 1. The van der Waals surface area contributed by atoms with Gasteiger partial charge in [-0.2, -0.15) is 0 Å². The Morgan fingerprint density at radius 2 is 2.15 bits per heavy atom. The highest BCUT2D eigenvalue weighted by Crippen LogP contribution is 2.25. The van der Waals surface area contributed by atoms with Crippen molar-refractivity contribution in [1.29, 1.82) is 0 Å². The van der Waals surface area contributed by atoms with Gasteiger partial charge in [0.2, 0.25) is 0 Å². The molecule has 7 heteroatoms. The molecule has 3 heterocycles. The fourth-order valence-electron chi connectivity index (χ4n) is 4.04. The number of hydrogen-bond acceptors (Lipinski definition) is 4. The molecular formula is C19H33IN4O2. The molecule has 0 amide bonds. The van der Waals surface area contributed by atoms with Crippen LogP contribution in [0.15, 0.2) is 27.8 Å². The summed E-state index contributed by atoms with van der Waals surface area (Å²) in [6, 6.07) is 4.34. The van der Waals surface area contributed by atoms with E-state index in [1.54, 1.807) is 13.4 Å². The van der Waals surface area contributed by atoms with Gasteiger partial charge in [0.1, 0.15) is 5.76 Å². The number of ether oxygens (including phenoxy) is 1. The van der Waals surface area contributed by atoms with Crippen LogP contribution in [0.4, 0.5) is 0 Å². The number of nitrogens with zero attached hydrogens (tertiary/aromatic N) is 3. The highest BCUT2D eigenvalue weighted by atomic mass is 127. The molecule has 2 aliphatic rings. The van der Waals surface area contributed by atoms with E-state index >= 15 is 0 Å². The van der Waals surface area contributed by atoms with Crippen LogP contribution in [-0.2, 0) is 4.74 Å². The maximum atomic E-state index is 5.74. The van der Waals surface area contributed by atoms with Crippen molar-refractivity contribution in [1.82, 2.24) is 15.1 Å². The predicted molar refractivity (Wildman–Crippen MR) is 115 cm³/mol. The maximum Gasteiger partial charge on any atom is 0.193 e. The first-order valence-corrected chi connectivity index (χ1v) is 9.53. The first-order chi connectivity index (χ1) is 12.3. The second kappa shape index (κ2) is 11.1. The molecule has 0 saturated carbocycles. The van der Waals surface area contributed by atoms with Crippen molar-refractivity contribution in [2.75, 3.05) is 53.5 Å². The number of halogens is 1. The monoisotopic (exact) mass is 476 g/mol. The molecule has 2 aliphatic heterocycles. The number of piperidine rings is 1. The largest absolute Gasteiger partial charge is 0.468 e. The molecule has 6 nitrogen and oxygen atoms in total. The molecule has 1 aromatic heterocycles. The lowest BCUT2D eigenvalue weighted by Crippen LogP contribution is -2.45. The molecule has 26 heavy (non-hydrogen) atoms. The summed E-state index contributed by atoms with van der Waals surface area (Å²) < 4.78 is 11.0. The summed E-state index contributed by atoms with van der Waals surface area (Å²) in [5.74, 6) is 2.64. The molecule has 0 aromatic carbocycles. The Bertz CT molecular complexity index is 532. The number of furan rings is 1. The van der Waals surface area contributed by atoms with E-state index < -0.39 is 0 Å². The molecule has 0 bridgehead atoms. The van der Waals surface area contributed by atoms with Crippen LogP contribution in [-0.4, -0.2) is 69.2 Å². The third-order valence-electron chi connectivity index (χ3n) is 5.36. The molecule has 0 spiro atoms. The number of guanidine groups is 1. The summed E-state index contributed by atoms with van der Waals surface area (Å²) in [7, 11) is 3.65. The standard InChI is InChI=1S/C19H32N4O2.HI/c1-20-19(23-11-8-16(14-23)15-24-2)21-13-17(18-7-6-12-25-18)22-9-4-3-5-10-22;/h6-7,12,16-17H,3-5,8-11,13-15H2,1-2H3,(H,20,21);1H. The Hall–Kier alpha value is -0.800. The van der Waals surface area contributed by atoms with Gasteiger partial charge in [-0.05, 0) is 44.5 Å². The van der Waals surface area contributed by atoms with Gasteiger partial charge in [-0.15, -0.1) is 24.0 Å². The third-order valence-corrected chi connectivity index (χ3v) is 5.36. The lowest BCUT2D eigenvalue weighted by atomic mass is 10.1. The van der Waals surface area contributed by atoms with E-state index in [1.165, 1.54) is 25.7 Å². The molecule has 3 rings (SSSR count). The van der Waals surface area contributed by atoms with Crippen molar-refractivity contribution in [3.8, 4) is 0 Å². The molecule has 2 fully saturated rings. The number of aliphatic imine (C=N–C) groups is 1. The maximum absolute atomic E-state index is 5.74. The van der Waals surface area contributed by atoms with E-state index in [0.29, 0.717) is 5.92 Å². The van der Waals surface area contributed by atoms with Crippen LogP contribution < -0.4 is 5.32 Å². The summed E-state index contributed by atoms with van der Waals surface area (Å²) in [5, 5.41) is 3.59. The number of rotatable bonds is 6. The van der Waals surface area contributed by atoms with Crippen molar-refractivity contribution < 1.29 is 9.15 Å². The third kappa shape index (κ3) is 5.60. The smallest absolute Gasteiger partial charge is 0.193 e. The van der Waals surface area contributed by atoms with Crippen LogP contribution >= 0.6 is 24.0 Å². The van der Waals surface area contributed by atoms with Gasteiger partial charge in [0, 0.05) is 39.7 Å². The first kappa shape index (κ1) is 21.5. The fraction of sp³-hybridized carbons (Fsp3) is 0.737. The average molecular weight is 476 g/mol. The van der Waals surface area contributed by atoms with Crippen LogP contribution in [0.2, 0.25) is 0 Å². The van der Waals surface area contributed by atoms with Crippen molar-refractivity contribution in [3.63, 3.8) is 0 Å². The van der Waals surface area contributed by atoms with Crippen LogP contribution in [0.1, 0.15) is 37.5 Å². The molecule has 2 atom stereocenters. The Morgan fingerprint density at radius 1 is 1.35 bits per heavy atom. The quantitative estimate of drug-likeness (QED) is 0.389. The van der Waals surface area contributed by atoms with Gasteiger partial charge in [-0.3, -0.25) is 9.89 Å². The minimum atomic E-state index is 0. The van der Waals surface area contributed by atoms with Crippen molar-refractivity contribution in [2.45, 2.75) is 31.7 Å². The Morgan fingerprint density at radius 3 is 2.81 bits per heavy atom. The van der Waals surface area contributed by atoms with E-state index in [-0.39, 0.29) is 30.0 Å². The topological polar surface area (TPSA) is 53.2 Å². The second-order valence-corrected chi connectivity index (χ2v) is 7.11. The van der Waals surface area contributed by atoms with Crippen LogP contribution in [0.5, 0.6) is 0 Å². The summed E-state index contributed by atoms with van der Waals surface area (Å²) in [6.07, 6.45) is 6.83. The van der Waals surface area contributed by atoms with Gasteiger partial charge in [-0.25, -0.2) is 0 Å². The zero-order valence-corrected chi connectivity index (χ0v) is 18.4. The normalized spacial score (nSPS) is 22.9. The van der Waals surface area contributed by atoms with Crippen molar-refractivity contribution in [2.24, 2.45) is 10.9 Å². The van der Waals surface area contributed by atoms with E-state index in [2.05, 4.69) is 26.2 Å². The molecule has 2 saturated heterocycles. The van der Waals surface area contributed by atoms with Gasteiger partial charge in [0.25, 0.3) is 0 Å². The molecule has 1 N–H and O–H groups in total. The molecule has 2 unspecified atom stereocenters. The van der Waals surface area contributed by atoms with E-state index in [1.807, 2.05) is 13.1 Å². The second-order valence-electron chi connectivity index (χ2n) is 7.11. The van der Waals surface area contributed by atoms with Crippen molar-refractivity contribution >= 4 is 29.9 Å². The highest BCUT2D eigenvalue weighted by Gasteiger charge is 2.28. The van der Waals surface area contributed by atoms with Crippen LogP contribution in [0.3, 0.4) is 0 Å². The summed E-state index contributed by atoms with van der Waals surface area (Å²) in [4.78, 5) is 9.39. The lowest BCUT2D eigenvalue weighted by Gasteiger charge is -2.34. The van der Waals surface area contributed by atoms with Gasteiger partial charge < -0.3 is 19.4 Å². The average Bonchev–Trinajstić information content (AvgIpc) is 3.32. The van der Waals surface area contributed by atoms with Gasteiger partial charge in [0.15, 0.2) is 5.96 Å². The first-order valence-electron chi connectivity index (χ1n) is 9.53. The summed E-state index contributed by atoms with van der Waals surface area (Å²) in [5.41, 5.74) is 0. The van der Waals surface area contributed by atoms with Gasteiger partial charge in [0.05, 0.1) is 18.9 Å². The zero-order valence-electron chi connectivity index (χ0n) is 16.0. The molecule has 0 aliphatic carbocycles. The minimum absolute atomic E-state index is 0. The van der Waals surface area contributed by atoms with Gasteiger partial charge in [-0.1, -0.05) is 6.42 Å². The molecular weight excluding hydrogens is 443 g/mol. The summed E-state index contributed by atoms with van der Waals surface area (Å²) >= 11 is 0. The Kier molecular flexibility index (Phi) is 9.21. The molecule has 1 aromatic rings.